The van der Waals surface area contributed by atoms with Gasteiger partial charge in [0.15, 0.2) is 0 Å². The van der Waals surface area contributed by atoms with E-state index in [1.807, 2.05) is 0 Å². The highest BCUT2D eigenvalue weighted by molar-refractivity contribution is 7.80. The van der Waals surface area contributed by atoms with Gasteiger partial charge in [-0.3, -0.25) is 0 Å². The smallest absolute Gasteiger partial charge is 0.350 e. The number of aromatic amines is 1. The predicted octanol–water partition coefficient (Wildman–Crippen LogP) is 3.48. The fourth-order valence-electron chi connectivity index (χ4n) is 1.29. The Morgan fingerprint density at radius 2 is 1.86 bits per heavy atom. The van der Waals surface area contributed by atoms with Crippen LogP contribution in [0.15, 0.2) is 29.3 Å². The van der Waals surface area contributed by atoms with Crippen LogP contribution in [-0.4, -0.2) is 4.98 Å². The highest BCUT2D eigenvalue weighted by Gasteiger charge is 2.30. The SMILES string of the molecule is FC(F)(F)c1ccc2[nH]c(S)cc2c1. The standard InChI is InChI=1S/C9H6F3NS/c10-9(11,12)6-1-2-7-5(3-6)4-8(14)13-7/h1-4,13-14H. The van der Waals surface area contributed by atoms with Crippen LogP contribution in [0, 0.1) is 0 Å². The Morgan fingerprint density at radius 3 is 2.50 bits per heavy atom. The van der Waals surface area contributed by atoms with E-state index < -0.39 is 11.7 Å². The molecular formula is C9H6F3NS. The van der Waals surface area contributed by atoms with E-state index in [9.17, 15) is 13.2 Å². The summed E-state index contributed by atoms with van der Waals surface area (Å²) in [5.74, 6) is 0. The Labute approximate surface area is 83.3 Å². The van der Waals surface area contributed by atoms with Crippen molar-refractivity contribution in [3.8, 4) is 0 Å². The monoisotopic (exact) mass is 217 g/mol. The lowest BCUT2D eigenvalue weighted by Crippen LogP contribution is -2.03. The van der Waals surface area contributed by atoms with Gasteiger partial charge in [0.05, 0.1) is 10.6 Å². The van der Waals surface area contributed by atoms with E-state index in [4.69, 9.17) is 0 Å². The molecule has 0 fully saturated rings. The minimum absolute atomic E-state index is 0.518. The van der Waals surface area contributed by atoms with Crippen molar-refractivity contribution in [3.63, 3.8) is 0 Å². The van der Waals surface area contributed by atoms with Crippen LogP contribution >= 0.6 is 12.6 Å². The van der Waals surface area contributed by atoms with Crippen LogP contribution in [0.25, 0.3) is 10.9 Å². The molecule has 1 aromatic carbocycles. The molecule has 0 unspecified atom stereocenters. The van der Waals surface area contributed by atoms with Gasteiger partial charge in [-0.2, -0.15) is 13.2 Å². The molecule has 0 atom stereocenters. The highest BCUT2D eigenvalue weighted by Crippen LogP contribution is 2.31. The van der Waals surface area contributed by atoms with Crippen LogP contribution in [0.3, 0.4) is 0 Å². The molecule has 1 aromatic heterocycles. The first kappa shape index (κ1) is 9.45. The van der Waals surface area contributed by atoms with E-state index in [0.29, 0.717) is 15.9 Å². The summed E-state index contributed by atoms with van der Waals surface area (Å²) in [5, 5.41) is 1.07. The maximum Gasteiger partial charge on any atom is 0.416 e. The zero-order chi connectivity index (χ0) is 10.3. The third-order valence-electron chi connectivity index (χ3n) is 1.93. The molecule has 74 valence electrons. The fourth-order valence-corrected chi connectivity index (χ4v) is 1.55. The minimum atomic E-state index is -4.29. The normalized spacial score (nSPS) is 12.3. The van der Waals surface area contributed by atoms with Crippen molar-refractivity contribution in [1.82, 2.24) is 4.98 Å². The van der Waals surface area contributed by atoms with Crippen LogP contribution in [-0.2, 0) is 6.18 Å². The molecule has 1 nitrogen and oxygen atoms in total. The van der Waals surface area contributed by atoms with Crippen molar-refractivity contribution in [2.45, 2.75) is 11.2 Å². The molecule has 1 N–H and O–H groups in total. The number of hydrogen-bond acceptors (Lipinski definition) is 1. The number of alkyl halides is 3. The van der Waals surface area contributed by atoms with Crippen molar-refractivity contribution < 1.29 is 13.2 Å². The predicted molar refractivity (Wildman–Crippen MR) is 50.6 cm³/mol. The number of benzene rings is 1. The summed E-state index contributed by atoms with van der Waals surface area (Å²) >= 11 is 4.01. The fraction of sp³-hybridized carbons (Fsp3) is 0.111. The molecule has 0 aliphatic rings. The molecule has 1 heterocycles. The Hall–Kier alpha value is -1.10. The van der Waals surface area contributed by atoms with Crippen molar-refractivity contribution in [1.29, 1.82) is 0 Å². The number of rotatable bonds is 0. The Balaban J connectivity index is 2.62. The lowest BCUT2D eigenvalue weighted by molar-refractivity contribution is -0.137. The number of fused-ring (bicyclic) bond motifs is 1. The zero-order valence-corrected chi connectivity index (χ0v) is 7.78. The quantitative estimate of drug-likeness (QED) is 0.628. The summed E-state index contributed by atoms with van der Waals surface area (Å²) in [4.78, 5) is 2.83. The van der Waals surface area contributed by atoms with Gasteiger partial charge in [-0.1, -0.05) is 0 Å². The molecule has 0 spiro atoms. The van der Waals surface area contributed by atoms with Crippen LogP contribution in [0.5, 0.6) is 0 Å². The first-order valence-corrected chi connectivity index (χ1v) is 4.30. The summed E-state index contributed by atoms with van der Waals surface area (Å²) < 4.78 is 36.9. The average molecular weight is 217 g/mol. The highest BCUT2D eigenvalue weighted by atomic mass is 32.1. The van der Waals surface area contributed by atoms with Crippen molar-refractivity contribution >= 4 is 23.5 Å². The van der Waals surface area contributed by atoms with E-state index in [-0.39, 0.29) is 0 Å². The van der Waals surface area contributed by atoms with Crippen LogP contribution < -0.4 is 0 Å². The maximum atomic E-state index is 12.3. The van der Waals surface area contributed by atoms with E-state index in [0.717, 1.165) is 12.1 Å². The molecule has 0 bridgehead atoms. The summed E-state index contributed by atoms with van der Waals surface area (Å²) in [5.41, 5.74) is 0.0142. The Morgan fingerprint density at radius 1 is 1.14 bits per heavy atom. The molecular weight excluding hydrogens is 211 g/mol. The van der Waals surface area contributed by atoms with E-state index in [1.54, 1.807) is 6.07 Å². The summed E-state index contributed by atoms with van der Waals surface area (Å²) in [6.07, 6.45) is -4.29. The minimum Gasteiger partial charge on any atom is -0.350 e. The average Bonchev–Trinajstić information content (AvgIpc) is 2.41. The van der Waals surface area contributed by atoms with Gasteiger partial charge >= 0.3 is 6.18 Å². The number of hydrogen-bond donors (Lipinski definition) is 2. The topological polar surface area (TPSA) is 15.8 Å². The number of aromatic nitrogens is 1. The van der Waals surface area contributed by atoms with Gasteiger partial charge in [-0.15, -0.1) is 12.6 Å². The van der Waals surface area contributed by atoms with Crippen molar-refractivity contribution in [3.05, 3.63) is 29.8 Å². The van der Waals surface area contributed by atoms with E-state index in [1.165, 1.54) is 6.07 Å². The van der Waals surface area contributed by atoms with Gasteiger partial charge in [0.25, 0.3) is 0 Å². The third kappa shape index (κ3) is 1.59. The number of H-pyrrole nitrogens is 1. The Kier molecular flexibility index (Phi) is 1.99. The van der Waals surface area contributed by atoms with E-state index in [2.05, 4.69) is 17.6 Å². The van der Waals surface area contributed by atoms with Gasteiger partial charge in [-0.25, -0.2) is 0 Å². The summed E-state index contributed by atoms with van der Waals surface area (Å²) in [7, 11) is 0. The third-order valence-corrected chi connectivity index (χ3v) is 2.17. The molecule has 0 aliphatic heterocycles. The number of nitrogens with one attached hydrogen (secondary N) is 1. The molecule has 5 heteroatoms. The first-order chi connectivity index (χ1) is 6.47. The largest absolute Gasteiger partial charge is 0.416 e. The molecule has 0 radical (unpaired) electrons. The van der Waals surface area contributed by atoms with Crippen LogP contribution in [0.1, 0.15) is 5.56 Å². The summed E-state index contributed by atoms with van der Waals surface area (Å²) in [6, 6.07) is 5.11. The molecule has 0 amide bonds. The van der Waals surface area contributed by atoms with Gasteiger partial charge in [0, 0.05) is 10.9 Å². The lowest BCUT2D eigenvalue weighted by atomic mass is 10.1. The Bertz CT molecular complexity index is 472. The lowest BCUT2D eigenvalue weighted by Gasteiger charge is -2.05. The molecule has 2 aromatic rings. The maximum absolute atomic E-state index is 12.3. The number of halogens is 3. The van der Waals surface area contributed by atoms with Crippen LogP contribution in [0.2, 0.25) is 0 Å². The van der Waals surface area contributed by atoms with Crippen LogP contribution in [0.4, 0.5) is 13.2 Å². The molecule has 0 saturated heterocycles. The first-order valence-electron chi connectivity index (χ1n) is 3.86. The van der Waals surface area contributed by atoms with Gasteiger partial charge in [0.1, 0.15) is 0 Å². The van der Waals surface area contributed by atoms with Crippen molar-refractivity contribution in [2.24, 2.45) is 0 Å². The second kappa shape index (κ2) is 2.95. The number of thiol groups is 1. The molecule has 0 aliphatic carbocycles. The molecule has 2 rings (SSSR count). The molecule has 0 saturated carbocycles. The second-order valence-corrected chi connectivity index (χ2v) is 3.44. The van der Waals surface area contributed by atoms with E-state index >= 15 is 0 Å². The van der Waals surface area contributed by atoms with Gasteiger partial charge in [-0.05, 0) is 24.3 Å². The molecule has 14 heavy (non-hydrogen) atoms. The summed E-state index contributed by atoms with van der Waals surface area (Å²) in [6.45, 7) is 0. The van der Waals surface area contributed by atoms with Gasteiger partial charge < -0.3 is 4.98 Å². The van der Waals surface area contributed by atoms with Gasteiger partial charge in [0.2, 0.25) is 0 Å². The van der Waals surface area contributed by atoms with Crippen molar-refractivity contribution in [2.75, 3.05) is 0 Å². The second-order valence-electron chi connectivity index (χ2n) is 2.95. The zero-order valence-electron chi connectivity index (χ0n) is 6.89.